The molecule has 1 aliphatic heterocycles. The maximum atomic E-state index is 14.4. The van der Waals surface area contributed by atoms with Crippen LogP contribution in [0.3, 0.4) is 0 Å². The van der Waals surface area contributed by atoms with Crippen LogP contribution in [0.2, 0.25) is 10.0 Å². The highest BCUT2D eigenvalue weighted by molar-refractivity contribution is 6.35. The second kappa shape index (κ2) is 15.8. The maximum Gasteiger partial charge on any atom is 0.252 e. The third-order valence-corrected chi connectivity index (χ3v) is 7.79. The molecule has 0 aliphatic carbocycles. The summed E-state index contributed by atoms with van der Waals surface area (Å²) in [7, 11) is 3.96. The third-order valence-electron chi connectivity index (χ3n) is 7.23. The van der Waals surface area contributed by atoms with Crippen LogP contribution in [0, 0.1) is 0 Å². The van der Waals surface area contributed by atoms with Crippen LogP contribution in [0.4, 0.5) is 0 Å². The topological polar surface area (TPSA) is 132 Å². The normalized spacial score (nSPS) is 17.5. The minimum atomic E-state index is -1.46. The molecule has 0 saturated carbocycles. The zero-order valence-corrected chi connectivity index (χ0v) is 26.3. The molecule has 1 aliphatic rings. The number of aliphatic imine (C=N–C) groups is 1. The highest BCUT2D eigenvalue weighted by Gasteiger charge is 2.54. The van der Waals surface area contributed by atoms with Gasteiger partial charge in [0.05, 0.1) is 13.2 Å². The van der Waals surface area contributed by atoms with Crippen molar-refractivity contribution < 1.29 is 19.4 Å². The summed E-state index contributed by atoms with van der Waals surface area (Å²) in [6, 6.07) is 19.8. The summed E-state index contributed by atoms with van der Waals surface area (Å²) >= 11 is 13.0. The first-order valence-electron chi connectivity index (χ1n) is 14.3. The van der Waals surface area contributed by atoms with Gasteiger partial charge in [-0.2, -0.15) is 0 Å². The van der Waals surface area contributed by atoms with Crippen LogP contribution in [0.25, 0.3) is 10.4 Å². The molecule has 2 atom stereocenters. The fourth-order valence-electron chi connectivity index (χ4n) is 5.01. The highest BCUT2D eigenvalue weighted by atomic mass is 35.5. The summed E-state index contributed by atoms with van der Waals surface area (Å²) in [4.78, 5) is 24.4. The summed E-state index contributed by atoms with van der Waals surface area (Å²) in [6.45, 7) is 1.78. The summed E-state index contributed by atoms with van der Waals surface area (Å²) in [6.07, 6.45) is 0.515. The number of benzene rings is 3. The van der Waals surface area contributed by atoms with E-state index in [1.807, 2.05) is 50.5 Å². The lowest BCUT2D eigenvalue weighted by molar-refractivity contribution is -0.128. The average molecular weight is 640 g/mol. The van der Waals surface area contributed by atoms with Crippen molar-refractivity contribution in [3.63, 3.8) is 0 Å². The van der Waals surface area contributed by atoms with Crippen LogP contribution in [0.15, 0.2) is 76.8 Å². The van der Waals surface area contributed by atoms with Gasteiger partial charge in [0.15, 0.2) is 11.6 Å². The molecule has 3 aromatic rings. The standard InChI is InChI=1S/C32H36Cl2N6O4/c1-40(2)16-5-15-36-31(42)32(20-23-7-3-4-8-24(23)21-37-39-35)29(27-14-11-25(33)19-28(27)34)44-30(38-32)22-9-12-26(13-10-22)43-18-6-17-41/h3-4,7-14,19,29,41H,5-6,15-18,20-21H2,1-2H3,(H,36,42)/t29-,32-/m1/s1. The van der Waals surface area contributed by atoms with Crippen LogP contribution < -0.4 is 10.1 Å². The Morgan fingerprint density at radius 2 is 1.89 bits per heavy atom. The Balaban J connectivity index is 1.81. The lowest BCUT2D eigenvalue weighted by atomic mass is 9.80. The van der Waals surface area contributed by atoms with E-state index in [1.54, 1.807) is 30.3 Å². The molecule has 0 saturated heterocycles. The van der Waals surface area contributed by atoms with Crippen molar-refractivity contribution >= 4 is 35.0 Å². The Morgan fingerprint density at radius 1 is 1.14 bits per heavy atom. The van der Waals surface area contributed by atoms with Gasteiger partial charge >= 0.3 is 0 Å². The van der Waals surface area contributed by atoms with E-state index in [2.05, 4.69) is 20.2 Å². The van der Waals surface area contributed by atoms with E-state index in [0.717, 1.165) is 24.1 Å². The van der Waals surface area contributed by atoms with Crippen LogP contribution >= 0.6 is 23.2 Å². The predicted octanol–water partition coefficient (Wildman–Crippen LogP) is 6.13. The number of nitrogens with zero attached hydrogens (tertiary/aromatic N) is 5. The van der Waals surface area contributed by atoms with Crippen molar-refractivity contribution in [2.24, 2.45) is 10.1 Å². The summed E-state index contributed by atoms with van der Waals surface area (Å²) in [5.41, 5.74) is 10.3. The molecule has 12 heteroatoms. The molecule has 232 valence electrons. The van der Waals surface area contributed by atoms with Gasteiger partial charge in [-0.25, -0.2) is 4.99 Å². The number of ether oxygens (including phenoxy) is 2. The number of nitrogens with one attached hydrogen (secondary N) is 1. The fraction of sp³-hybridized carbons (Fsp3) is 0.375. The molecular weight excluding hydrogens is 603 g/mol. The number of carbonyl (C=O) groups is 1. The number of hydrogen-bond donors (Lipinski definition) is 2. The molecule has 0 radical (unpaired) electrons. The van der Waals surface area contributed by atoms with E-state index in [0.29, 0.717) is 46.5 Å². The largest absolute Gasteiger partial charge is 0.494 e. The van der Waals surface area contributed by atoms with E-state index < -0.39 is 11.6 Å². The first kappa shape index (κ1) is 33.1. The molecule has 0 unspecified atom stereocenters. The van der Waals surface area contributed by atoms with Crippen molar-refractivity contribution in [1.29, 1.82) is 0 Å². The van der Waals surface area contributed by atoms with Crippen LogP contribution in [-0.2, 0) is 22.5 Å². The molecular formula is C32H36Cl2N6O4. The number of carbonyl (C=O) groups excluding carboxylic acids is 1. The summed E-state index contributed by atoms with van der Waals surface area (Å²) < 4.78 is 12.2. The predicted molar refractivity (Wildman–Crippen MR) is 172 cm³/mol. The van der Waals surface area contributed by atoms with Crippen LogP contribution in [0.5, 0.6) is 5.75 Å². The molecule has 1 amide bonds. The summed E-state index contributed by atoms with van der Waals surface area (Å²) in [5.74, 6) is 0.596. The number of hydrogen-bond acceptors (Lipinski definition) is 7. The van der Waals surface area contributed by atoms with Gasteiger partial charge in [-0.15, -0.1) is 0 Å². The Kier molecular flexibility index (Phi) is 11.9. The van der Waals surface area contributed by atoms with Gasteiger partial charge in [0.2, 0.25) is 5.90 Å². The molecule has 2 N–H and O–H groups in total. The molecule has 1 heterocycles. The van der Waals surface area contributed by atoms with Crippen molar-refractivity contribution in [1.82, 2.24) is 10.2 Å². The molecule has 3 aromatic carbocycles. The molecule has 0 spiro atoms. The van der Waals surface area contributed by atoms with Gasteiger partial charge in [-0.3, -0.25) is 4.79 Å². The minimum Gasteiger partial charge on any atom is -0.494 e. The van der Waals surface area contributed by atoms with E-state index >= 15 is 0 Å². The van der Waals surface area contributed by atoms with Crippen molar-refractivity contribution in [2.45, 2.75) is 37.5 Å². The monoisotopic (exact) mass is 638 g/mol. The summed E-state index contributed by atoms with van der Waals surface area (Å²) in [5, 5.41) is 16.7. The van der Waals surface area contributed by atoms with Gasteiger partial charge in [-0.1, -0.05) is 58.6 Å². The van der Waals surface area contributed by atoms with Gasteiger partial charge in [0.1, 0.15) is 5.75 Å². The smallest absolute Gasteiger partial charge is 0.252 e. The van der Waals surface area contributed by atoms with E-state index in [9.17, 15) is 4.79 Å². The molecule has 44 heavy (non-hydrogen) atoms. The molecule has 0 bridgehead atoms. The molecule has 0 fully saturated rings. The van der Waals surface area contributed by atoms with E-state index in [-0.39, 0.29) is 31.4 Å². The Hall–Kier alpha value is -3.79. The van der Waals surface area contributed by atoms with Crippen molar-refractivity contribution in [3.8, 4) is 5.75 Å². The lowest BCUT2D eigenvalue weighted by Crippen LogP contribution is -2.50. The number of azide groups is 1. The first-order valence-corrected chi connectivity index (χ1v) is 15.1. The number of amides is 1. The number of aliphatic hydroxyl groups excluding tert-OH is 1. The number of halogens is 2. The van der Waals surface area contributed by atoms with E-state index in [1.165, 1.54) is 0 Å². The van der Waals surface area contributed by atoms with Crippen molar-refractivity contribution in [2.75, 3.05) is 40.4 Å². The fourth-order valence-corrected chi connectivity index (χ4v) is 5.51. The third kappa shape index (κ3) is 8.22. The Morgan fingerprint density at radius 3 is 2.57 bits per heavy atom. The van der Waals surface area contributed by atoms with Gasteiger partial charge in [0, 0.05) is 52.1 Å². The zero-order chi connectivity index (χ0) is 31.5. The first-order chi connectivity index (χ1) is 21.3. The lowest BCUT2D eigenvalue weighted by Gasteiger charge is -2.32. The second-order valence-electron chi connectivity index (χ2n) is 10.7. The van der Waals surface area contributed by atoms with Gasteiger partial charge in [-0.05, 0) is 80.1 Å². The SMILES string of the molecule is CN(C)CCCNC(=O)[C@]1(Cc2ccccc2CN=[N+]=[N-])N=C(c2ccc(OCCCO)cc2)O[C@@H]1c1ccc(Cl)cc1Cl. The van der Waals surface area contributed by atoms with Crippen LogP contribution in [-0.4, -0.2) is 67.7 Å². The quantitative estimate of drug-likeness (QED) is 0.0894. The second-order valence-corrected chi connectivity index (χ2v) is 11.5. The Bertz CT molecular complexity index is 1510. The average Bonchev–Trinajstić information content (AvgIpc) is 3.39. The number of rotatable bonds is 15. The van der Waals surface area contributed by atoms with E-state index in [4.69, 9.17) is 48.3 Å². The molecule has 4 rings (SSSR count). The number of aliphatic hydroxyl groups is 1. The minimum absolute atomic E-state index is 0.0443. The Labute approximate surface area is 267 Å². The van der Waals surface area contributed by atoms with Crippen LogP contribution in [0.1, 0.15) is 41.2 Å². The van der Waals surface area contributed by atoms with Gasteiger partial charge in [0.25, 0.3) is 5.91 Å². The zero-order valence-electron chi connectivity index (χ0n) is 24.7. The van der Waals surface area contributed by atoms with Crippen molar-refractivity contribution in [3.05, 3.63) is 109 Å². The highest BCUT2D eigenvalue weighted by Crippen LogP contribution is 2.45. The molecule has 10 nitrogen and oxygen atoms in total. The maximum absolute atomic E-state index is 14.4. The van der Waals surface area contributed by atoms with Gasteiger partial charge < -0.3 is 24.8 Å². The molecule has 0 aromatic heterocycles.